The van der Waals surface area contributed by atoms with Gasteiger partial charge in [0.1, 0.15) is 6.04 Å². The van der Waals surface area contributed by atoms with E-state index in [-0.39, 0.29) is 17.2 Å². The average molecular weight is 389 g/mol. The number of esters is 1. The number of carbonyl (C=O) groups is 5. The zero-order valence-electron chi connectivity index (χ0n) is 16.1. The highest BCUT2D eigenvalue weighted by atomic mass is 16.5. The number of urea groups is 1. The highest BCUT2D eigenvalue weighted by molar-refractivity contribution is 6.22. The Morgan fingerprint density at radius 2 is 1.54 bits per heavy atom. The number of ether oxygens (including phenoxy) is 1. The Morgan fingerprint density at radius 1 is 1.00 bits per heavy atom. The third-order valence-corrected chi connectivity index (χ3v) is 3.99. The number of nitrogens with one attached hydrogen (secondary N) is 2. The number of hydrogen-bond donors (Lipinski definition) is 2. The van der Waals surface area contributed by atoms with Gasteiger partial charge in [0.25, 0.3) is 17.7 Å². The molecule has 0 spiro atoms. The minimum atomic E-state index is -1.19. The fraction of sp³-hybridized carbons (Fsp3) is 0.421. The van der Waals surface area contributed by atoms with E-state index in [1.54, 1.807) is 39.8 Å². The Hall–Kier alpha value is -3.23. The van der Waals surface area contributed by atoms with Crippen LogP contribution in [0.1, 0.15) is 48.4 Å². The number of nitrogens with zero attached hydrogens (tertiary/aromatic N) is 1. The van der Waals surface area contributed by atoms with Gasteiger partial charge in [-0.05, 0) is 31.9 Å². The highest BCUT2D eigenvalue weighted by Gasteiger charge is 2.44. The zero-order valence-corrected chi connectivity index (χ0v) is 16.1. The first-order valence-corrected chi connectivity index (χ1v) is 8.87. The van der Waals surface area contributed by atoms with E-state index < -0.39 is 48.3 Å². The SMILES string of the molecule is CC(C)NC(=O)NC(=O)COC(=O)[C@H](C(C)C)N1C(=O)c2ccccc2C1=O. The van der Waals surface area contributed by atoms with Crippen LogP contribution in [0.5, 0.6) is 0 Å². The van der Waals surface area contributed by atoms with Gasteiger partial charge in [-0.15, -0.1) is 0 Å². The number of amides is 5. The van der Waals surface area contributed by atoms with Crippen LogP contribution >= 0.6 is 0 Å². The molecule has 0 aromatic heterocycles. The van der Waals surface area contributed by atoms with Crippen molar-refractivity contribution in [1.29, 1.82) is 0 Å². The number of benzene rings is 1. The maximum atomic E-state index is 12.6. The summed E-state index contributed by atoms with van der Waals surface area (Å²) in [6.45, 7) is 6.05. The van der Waals surface area contributed by atoms with Gasteiger partial charge >= 0.3 is 12.0 Å². The van der Waals surface area contributed by atoms with Crippen LogP contribution < -0.4 is 10.6 Å². The van der Waals surface area contributed by atoms with Crippen molar-refractivity contribution in [3.63, 3.8) is 0 Å². The molecule has 150 valence electrons. The molecular weight excluding hydrogens is 366 g/mol. The normalized spacial score (nSPS) is 14.1. The van der Waals surface area contributed by atoms with Gasteiger partial charge in [-0.1, -0.05) is 26.0 Å². The Morgan fingerprint density at radius 3 is 2.00 bits per heavy atom. The van der Waals surface area contributed by atoms with Gasteiger partial charge in [-0.3, -0.25) is 24.6 Å². The van der Waals surface area contributed by atoms with E-state index in [9.17, 15) is 24.0 Å². The van der Waals surface area contributed by atoms with Crippen molar-refractivity contribution in [3.8, 4) is 0 Å². The quantitative estimate of drug-likeness (QED) is 0.555. The van der Waals surface area contributed by atoms with Crippen molar-refractivity contribution >= 4 is 29.7 Å². The predicted octanol–water partition coefficient (Wildman–Crippen LogP) is 1.08. The number of fused-ring (bicyclic) bond motifs is 1. The molecule has 1 aromatic carbocycles. The van der Waals surface area contributed by atoms with E-state index in [1.807, 2.05) is 5.32 Å². The summed E-state index contributed by atoms with van der Waals surface area (Å²) in [5.74, 6) is -3.34. The van der Waals surface area contributed by atoms with Crippen molar-refractivity contribution in [1.82, 2.24) is 15.5 Å². The lowest BCUT2D eigenvalue weighted by atomic mass is 10.0. The van der Waals surface area contributed by atoms with Gasteiger partial charge in [0.2, 0.25) is 0 Å². The van der Waals surface area contributed by atoms with Crippen LogP contribution in [0.2, 0.25) is 0 Å². The van der Waals surface area contributed by atoms with Crippen LogP contribution in [0.15, 0.2) is 24.3 Å². The van der Waals surface area contributed by atoms with Gasteiger partial charge in [0.15, 0.2) is 6.61 Å². The number of carbonyl (C=O) groups excluding carboxylic acids is 5. The Kier molecular flexibility index (Phi) is 6.50. The third kappa shape index (κ3) is 4.54. The average Bonchev–Trinajstić information content (AvgIpc) is 2.85. The van der Waals surface area contributed by atoms with Gasteiger partial charge in [0.05, 0.1) is 11.1 Å². The predicted molar refractivity (Wildman–Crippen MR) is 98.3 cm³/mol. The van der Waals surface area contributed by atoms with Crippen molar-refractivity contribution in [2.75, 3.05) is 6.61 Å². The molecule has 1 aliphatic rings. The standard InChI is InChI=1S/C19H23N3O6/c1-10(2)15(18(26)28-9-14(23)21-19(27)20-11(3)4)22-16(24)12-7-5-6-8-13(12)17(22)25/h5-8,10-11,15H,9H2,1-4H3,(H2,20,21,23,27)/t15-/m0/s1. The lowest BCUT2D eigenvalue weighted by Crippen LogP contribution is -2.49. The summed E-state index contributed by atoms with van der Waals surface area (Å²) in [4.78, 5) is 61.9. The molecule has 2 N–H and O–H groups in total. The van der Waals surface area contributed by atoms with Crippen molar-refractivity contribution in [2.24, 2.45) is 5.92 Å². The van der Waals surface area contributed by atoms with Gasteiger partial charge in [-0.2, -0.15) is 0 Å². The van der Waals surface area contributed by atoms with E-state index in [2.05, 4.69) is 5.32 Å². The number of imide groups is 2. The molecule has 1 heterocycles. The topological polar surface area (TPSA) is 122 Å². The second-order valence-electron chi connectivity index (χ2n) is 7.00. The molecule has 0 radical (unpaired) electrons. The summed E-state index contributed by atoms with van der Waals surface area (Å²) in [6.07, 6.45) is 0. The molecule has 0 unspecified atom stereocenters. The lowest BCUT2D eigenvalue weighted by molar-refractivity contribution is -0.153. The first kappa shape index (κ1) is 21.1. The molecule has 0 saturated carbocycles. The van der Waals surface area contributed by atoms with Crippen LogP contribution in [-0.4, -0.2) is 53.3 Å². The molecule has 0 aliphatic carbocycles. The van der Waals surface area contributed by atoms with E-state index in [1.165, 1.54) is 12.1 Å². The van der Waals surface area contributed by atoms with Crippen molar-refractivity contribution < 1.29 is 28.7 Å². The second kappa shape index (κ2) is 8.64. The van der Waals surface area contributed by atoms with Crippen LogP contribution in [0.4, 0.5) is 4.79 Å². The zero-order chi connectivity index (χ0) is 21.0. The van der Waals surface area contributed by atoms with E-state index in [4.69, 9.17) is 4.74 Å². The Bertz CT molecular complexity index is 783. The number of hydrogen-bond acceptors (Lipinski definition) is 6. The smallest absolute Gasteiger partial charge is 0.330 e. The number of rotatable bonds is 6. The molecule has 0 bridgehead atoms. The Labute approximate surface area is 162 Å². The molecule has 9 heteroatoms. The summed E-state index contributed by atoms with van der Waals surface area (Å²) in [7, 11) is 0. The lowest BCUT2D eigenvalue weighted by Gasteiger charge is -2.27. The minimum Gasteiger partial charge on any atom is -0.454 e. The minimum absolute atomic E-state index is 0.172. The molecular formula is C19H23N3O6. The molecule has 0 saturated heterocycles. The van der Waals surface area contributed by atoms with Gasteiger partial charge in [0, 0.05) is 6.04 Å². The maximum Gasteiger partial charge on any atom is 0.330 e. The monoisotopic (exact) mass is 389 g/mol. The third-order valence-electron chi connectivity index (χ3n) is 3.99. The molecule has 9 nitrogen and oxygen atoms in total. The summed E-state index contributed by atoms with van der Waals surface area (Å²) in [5.41, 5.74) is 0.433. The molecule has 1 atom stereocenters. The summed E-state index contributed by atoms with van der Waals surface area (Å²) < 4.78 is 4.96. The van der Waals surface area contributed by atoms with Gasteiger partial charge in [-0.25, -0.2) is 9.59 Å². The molecule has 0 fully saturated rings. The second-order valence-corrected chi connectivity index (χ2v) is 7.00. The van der Waals surface area contributed by atoms with Crippen LogP contribution in [0, 0.1) is 5.92 Å². The fourth-order valence-corrected chi connectivity index (χ4v) is 2.82. The van der Waals surface area contributed by atoms with Crippen molar-refractivity contribution in [3.05, 3.63) is 35.4 Å². The first-order chi connectivity index (χ1) is 13.1. The summed E-state index contributed by atoms with van der Waals surface area (Å²) >= 11 is 0. The maximum absolute atomic E-state index is 12.6. The van der Waals surface area contributed by atoms with Crippen LogP contribution in [0.3, 0.4) is 0 Å². The summed E-state index contributed by atoms with van der Waals surface area (Å²) in [5, 5.41) is 4.48. The largest absolute Gasteiger partial charge is 0.454 e. The first-order valence-electron chi connectivity index (χ1n) is 8.87. The summed E-state index contributed by atoms with van der Waals surface area (Å²) in [6, 6.07) is 4.21. The van der Waals surface area contributed by atoms with Crippen LogP contribution in [-0.2, 0) is 14.3 Å². The van der Waals surface area contributed by atoms with Gasteiger partial charge < -0.3 is 10.1 Å². The van der Waals surface area contributed by atoms with E-state index in [0.29, 0.717) is 0 Å². The fourth-order valence-electron chi connectivity index (χ4n) is 2.82. The highest BCUT2D eigenvalue weighted by Crippen LogP contribution is 2.27. The molecule has 1 aromatic rings. The van der Waals surface area contributed by atoms with E-state index >= 15 is 0 Å². The molecule has 5 amide bonds. The molecule has 28 heavy (non-hydrogen) atoms. The molecule has 2 rings (SSSR count). The Balaban J connectivity index is 2.06. The van der Waals surface area contributed by atoms with Crippen LogP contribution in [0.25, 0.3) is 0 Å². The molecule has 1 aliphatic heterocycles. The van der Waals surface area contributed by atoms with E-state index in [0.717, 1.165) is 4.90 Å². The van der Waals surface area contributed by atoms with Crippen molar-refractivity contribution in [2.45, 2.75) is 39.8 Å².